The molecule has 5 heteroatoms. The molecule has 1 aliphatic rings. The molecule has 0 amide bonds. The van der Waals surface area contributed by atoms with Crippen LogP contribution in [0.4, 0.5) is 5.69 Å². The second-order valence-corrected chi connectivity index (χ2v) is 7.62. The third kappa shape index (κ3) is 2.92. The second kappa shape index (κ2) is 5.51. The Morgan fingerprint density at radius 1 is 1.21 bits per heavy atom. The van der Waals surface area contributed by atoms with Crippen molar-refractivity contribution in [3.05, 3.63) is 23.8 Å². The van der Waals surface area contributed by atoms with Crippen LogP contribution in [0.25, 0.3) is 0 Å². The largest absolute Gasteiger partial charge is 0.378 e. The molecule has 1 saturated heterocycles. The summed E-state index contributed by atoms with van der Waals surface area (Å²) in [4.78, 5) is 2.62. The molecule has 0 saturated carbocycles. The van der Waals surface area contributed by atoms with Gasteiger partial charge in [0.25, 0.3) is 0 Å². The molecule has 0 atom stereocenters. The Morgan fingerprint density at radius 3 is 2.42 bits per heavy atom. The summed E-state index contributed by atoms with van der Waals surface area (Å²) in [6.07, 6.45) is 0. The fraction of sp³-hybridized carbons (Fsp3) is 0.571. The van der Waals surface area contributed by atoms with Crippen LogP contribution in [0.2, 0.25) is 0 Å². The Hall–Kier alpha value is -1.07. The molecule has 1 aliphatic heterocycles. The van der Waals surface area contributed by atoms with Gasteiger partial charge in [-0.1, -0.05) is 6.07 Å². The fourth-order valence-electron chi connectivity index (χ4n) is 2.17. The van der Waals surface area contributed by atoms with E-state index in [1.807, 2.05) is 19.1 Å². The predicted molar refractivity (Wildman–Crippen MR) is 76.5 cm³/mol. The van der Waals surface area contributed by atoms with E-state index in [1.54, 1.807) is 19.9 Å². The highest BCUT2D eigenvalue weighted by Gasteiger charge is 2.23. The molecule has 0 spiro atoms. The predicted octanol–water partition coefficient (Wildman–Crippen LogP) is 2.01. The number of rotatable bonds is 3. The fourth-order valence-corrected chi connectivity index (χ4v) is 3.48. The highest BCUT2D eigenvalue weighted by atomic mass is 32.2. The zero-order chi connectivity index (χ0) is 14.0. The van der Waals surface area contributed by atoms with Crippen molar-refractivity contribution in [3.63, 3.8) is 0 Å². The number of sulfone groups is 1. The van der Waals surface area contributed by atoms with E-state index in [1.165, 1.54) is 0 Å². The summed E-state index contributed by atoms with van der Waals surface area (Å²) in [5.41, 5.74) is 1.78. The smallest absolute Gasteiger partial charge is 0.181 e. The first-order chi connectivity index (χ1) is 8.93. The first kappa shape index (κ1) is 14.3. The summed E-state index contributed by atoms with van der Waals surface area (Å²) in [5.74, 6) is 0. The van der Waals surface area contributed by atoms with Gasteiger partial charge in [0.1, 0.15) is 0 Å². The van der Waals surface area contributed by atoms with Crippen LogP contribution < -0.4 is 4.90 Å². The average Bonchev–Trinajstić information content (AvgIpc) is 2.40. The van der Waals surface area contributed by atoms with Crippen LogP contribution in [-0.4, -0.2) is 40.0 Å². The topological polar surface area (TPSA) is 46.6 Å². The van der Waals surface area contributed by atoms with E-state index in [9.17, 15) is 8.42 Å². The Labute approximate surface area is 115 Å². The highest BCUT2D eigenvalue weighted by molar-refractivity contribution is 7.92. The Bertz CT molecular complexity index is 546. The van der Waals surface area contributed by atoms with Gasteiger partial charge < -0.3 is 9.64 Å². The molecule has 106 valence electrons. The van der Waals surface area contributed by atoms with E-state index in [4.69, 9.17) is 4.74 Å². The van der Waals surface area contributed by atoms with E-state index in [0.29, 0.717) is 18.1 Å². The van der Waals surface area contributed by atoms with Crippen molar-refractivity contribution in [2.45, 2.75) is 30.9 Å². The maximum Gasteiger partial charge on any atom is 0.181 e. The molecule has 0 unspecified atom stereocenters. The van der Waals surface area contributed by atoms with Crippen LogP contribution in [-0.2, 0) is 14.6 Å². The lowest BCUT2D eigenvalue weighted by molar-refractivity contribution is 0.122. The molecule has 1 fully saturated rings. The quantitative estimate of drug-likeness (QED) is 0.851. The first-order valence-corrected chi connectivity index (χ1v) is 8.15. The summed E-state index contributed by atoms with van der Waals surface area (Å²) in [6.45, 7) is 8.29. The first-order valence-electron chi connectivity index (χ1n) is 6.60. The number of anilines is 1. The molecule has 19 heavy (non-hydrogen) atoms. The van der Waals surface area contributed by atoms with E-state index in [-0.39, 0.29) is 0 Å². The molecule has 0 aromatic heterocycles. The van der Waals surface area contributed by atoms with Crippen molar-refractivity contribution in [2.24, 2.45) is 0 Å². The van der Waals surface area contributed by atoms with E-state index in [2.05, 4.69) is 4.90 Å². The van der Waals surface area contributed by atoms with Gasteiger partial charge in [0.15, 0.2) is 9.84 Å². The molecule has 1 aromatic carbocycles. The van der Waals surface area contributed by atoms with E-state index >= 15 is 0 Å². The van der Waals surface area contributed by atoms with Crippen molar-refractivity contribution in [3.8, 4) is 0 Å². The highest BCUT2D eigenvalue weighted by Crippen LogP contribution is 2.26. The lowest BCUT2D eigenvalue weighted by atomic mass is 10.2. The third-order valence-electron chi connectivity index (χ3n) is 3.48. The summed E-state index contributed by atoms with van der Waals surface area (Å²) in [5, 5.41) is -0.397. The maximum atomic E-state index is 12.3. The van der Waals surface area contributed by atoms with Crippen molar-refractivity contribution in [1.82, 2.24) is 0 Å². The number of ether oxygens (including phenoxy) is 1. The molecular weight excluding hydrogens is 262 g/mol. The normalized spacial score (nSPS) is 16.9. The van der Waals surface area contributed by atoms with Gasteiger partial charge in [0.05, 0.1) is 23.4 Å². The Kier molecular flexibility index (Phi) is 4.16. The molecule has 0 N–H and O–H groups in total. The zero-order valence-corrected chi connectivity index (χ0v) is 12.5. The van der Waals surface area contributed by atoms with Crippen molar-refractivity contribution in [1.29, 1.82) is 0 Å². The monoisotopic (exact) mass is 283 g/mol. The lowest BCUT2D eigenvalue weighted by Crippen LogP contribution is -2.36. The molecule has 0 bridgehead atoms. The van der Waals surface area contributed by atoms with Gasteiger partial charge in [0.2, 0.25) is 0 Å². The maximum absolute atomic E-state index is 12.3. The summed E-state index contributed by atoms with van der Waals surface area (Å²) < 4.78 is 30.0. The van der Waals surface area contributed by atoms with Crippen molar-refractivity contribution < 1.29 is 13.2 Å². The number of hydrogen-bond acceptors (Lipinski definition) is 4. The van der Waals surface area contributed by atoms with Crippen LogP contribution in [0.5, 0.6) is 0 Å². The minimum Gasteiger partial charge on any atom is -0.378 e. The van der Waals surface area contributed by atoms with Crippen LogP contribution in [0.15, 0.2) is 23.1 Å². The van der Waals surface area contributed by atoms with Crippen LogP contribution in [0, 0.1) is 6.92 Å². The second-order valence-electron chi connectivity index (χ2n) is 5.14. The molecule has 2 rings (SSSR count). The minimum absolute atomic E-state index is 0.397. The lowest BCUT2D eigenvalue weighted by Gasteiger charge is -2.29. The molecule has 4 nitrogen and oxygen atoms in total. The zero-order valence-electron chi connectivity index (χ0n) is 11.7. The summed E-state index contributed by atoms with van der Waals surface area (Å²) >= 11 is 0. The molecular formula is C14H21NO3S. The van der Waals surface area contributed by atoms with Crippen LogP contribution in [0.3, 0.4) is 0 Å². The average molecular weight is 283 g/mol. The van der Waals surface area contributed by atoms with Gasteiger partial charge in [-0.3, -0.25) is 0 Å². The Morgan fingerprint density at radius 2 is 1.84 bits per heavy atom. The number of nitrogens with zero attached hydrogens (tertiary/aromatic N) is 1. The van der Waals surface area contributed by atoms with E-state index in [0.717, 1.165) is 24.3 Å². The van der Waals surface area contributed by atoms with Gasteiger partial charge in [0, 0.05) is 18.8 Å². The Balaban J connectivity index is 2.40. The van der Waals surface area contributed by atoms with E-state index < -0.39 is 15.1 Å². The standard InChI is InChI=1S/C14H21NO3S/c1-11(2)19(16,17)14-10-13(5-4-12(14)3)15-6-8-18-9-7-15/h4-5,10-11H,6-9H2,1-3H3. The van der Waals surface area contributed by atoms with Crippen molar-refractivity contribution in [2.75, 3.05) is 31.2 Å². The summed E-state index contributed by atoms with van der Waals surface area (Å²) in [7, 11) is -3.23. The molecule has 1 aromatic rings. The SMILES string of the molecule is Cc1ccc(N2CCOCC2)cc1S(=O)(=O)C(C)C. The van der Waals surface area contributed by atoms with Crippen molar-refractivity contribution >= 4 is 15.5 Å². The minimum atomic E-state index is -3.23. The van der Waals surface area contributed by atoms with Gasteiger partial charge in [-0.05, 0) is 38.5 Å². The molecule has 1 heterocycles. The number of morpholine rings is 1. The van der Waals surface area contributed by atoms with Gasteiger partial charge >= 0.3 is 0 Å². The van der Waals surface area contributed by atoms with Gasteiger partial charge in [-0.15, -0.1) is 0 Å². The number of aryl methyl sites for hydroxylation is 1. The van der Waals surface area contributed by atoms with Gasteiger partial charge in [-0.25, -0.2) is 8.42 Å². The van der Waals surface area contributed by atoms with Gasteiger partial charge in [-0.2, -0.15) is 0 Å². The third-order valence-corrected chi connectivity index (χ3v) is 5.77. The van der Waals surface area contributed by atoms with Crippen LogP contribution >= 0.6 is 0 Å². The number of hydrogen-bond donors (Lipinski definition) is 0. The van der Waals surface area contributed by atoms with Crippen LogP contribution in [0.1, 0.15) is 19.4 Å². The molecule has 0 aliphatic carbocycles. The summed E-state index contributed by atoms with van der Waals surface area (Å²) in [6, 6.07) is 5.68. The number of benzene rings is 1. The molecule has 0 radical (unpaired) electrons.